The van der Waals surface area contributed by atoms with E-state index in [9.17, 15) is 14.4 Å². The van der Waals surface area contributed by atoms with Gasteiger partial charge in [0, 0.05) is 31.4 Å². The van der Waals surface area contributed by atoms with Gasteiger partial charge in [-0.3, -0.25) is 4.79 Å². The zero-order valence-electron chi connectivity index (χ0n) is 26.5. The molecule has 0 atom stereocenters. The third kappa shape index (κ3) is 21.9. The van der Waals surface area contributed by atoms with Crippen molar-refractivity contribution in [2.75, 3.05) is 32.2 Å². The van der Waals surface area contributed by atoms with Crippen LogP contribution in [0, 0.1) is 5.92 Å². The highest BCUT2D eigenvalue weighted by molar-refractivity contribution is 5.92. The molecule has 0 bridgehead atoms. The number of carbonyl (C=O) groups is 3. The lowest BCUT2D eigenvalue weighted by atomic mass is 10.2. The number of nitrogens with one attached hydrogen (secondary N) is 3. The fourth-order valence-electron chi connectivity index (χ4n) is 2.57. The second kappa shape index (κ2) is 27.0. The van der Waals surface area contributed by atoms with E-state index in [-0.39, 0.29) is 32.5 Å². The van der Waals surface area contributed by atoms with Gasteiger partial charge in [0.15, 0.2) is 0 Å². The Morgan fingerprint density at radius 3 is 1.36 bits per heavy atom. The lowest BCUT2D eigenvalue weighted by Gasteiger charge is -2.08. The Morgan fingerprint density at radius 2 is 1.05 bits per heavy atom. The molecule has 44 heavy (non-hydrogen) atoms. The van der Waals surface area contributed by atoms with Crippen LogP contribution in [0.25, 0.3) is 13.2 Å². The molecular weight excluding hydrogens is 558 g/mol. The fraction of sp³-hybridized carbons (Fsp3) is 0.324. The highest BCUT2D eigenvalue weighted by Crippen LogP contribution is 2.12. The van der Waals surface area contributed by atoms with Crippen molar-refractivity contribution in [2.45, 2.75) is 48.3 Å². The molecule has 0 aliphatic rings. The lowest BCUT2D eigenvalue weighted by Crippen LogP contribution is -2.19. The van der Waals surface area contributed by atoms with Crippen LogP contribution >= 0.6 is 0 Å². The number of nitrogen functional groups attached to an aromatic ring is 1. The van der Waals surface area contributed by atoms with Crippen molar-refractivity contribution in [3.05, 3.63) is 94.4 Å². The number of amides is 3. The number of alkyl carbamates (subject to hydrolysis) is 2. The minimum absolute atomic E-state index is 0. The van der Waals surface area contributed by atoms with E-state index in [2.05, 4.69) is 34.8 Å². The first kappa shape index (κ1) is 43.6. The molecule has 0 heterocycles. The zero-order chi connectivity index (χ0) is 33.2. The summed E-state index contributed by atoms with van der Waals surface area (Å²) in [4.78, 5) is 33.0. The van der Waals surface area contributed by atoms with E-state index >= 15 is 0 Å². The van der Waals surface area contributed by atoms with Crippen molar-refractivity contribution in [2.24, 2.45) is 11.7 Å². The van der Waals surface area contributed by atoms with Gasteiger partial charge >= 0.3 is 12.2 Å². The van der Waals surface area contributed by atoms with Gasteiger partial charge in [0.05, 0.1) is 0 Å². The third-order valence-electron chi connectivity index (χ3n) is 4.90. The second-order valence-corrected chi connectivity index (χ2v) is 8.55. The van der Waals surface area contributed by atoms with Crippen LogP contribution in [-0.4, -0.2) is 39.2 Å². The van der Waals surface area contributed by atoms with Crippen LogP contribution in [0.1, 0.15) is 46.2 Å². The third-order valence-corrected chi connectivity index (χ3v) is 4.90. The van der Waals surface area contributed by atoms with Crippen molar-refractivity contribution in [3.8, 4) is 0 Å². The number of rotatable bonds is 6. The zero-order valence-corrected chi connectivity index (χ0v) is 26.5. The largest absolute Gasteiger partial charge is 0.445 e. The molecule has 0 saturated carbocycles. The van der Waals surface area contributed by atoms with E-state index in [4.69, 9.17) is 15.2 Å². The SMILES string of the molecule is C.C=c1ccc(=C)cc1.CC.CN.CNC(=O)OCc1ccc(N)cc1.CNC(=O)OCc1ccc(NC(=O)C(C)C)cc1. The molecule has 3 aromatic carbocycles. The molecular formula is C34H53N5O5. The van der Waals surface area contributed by atoms with E-state index < -0.39 is 12.2 Å². The number of nitrogens with two attached hydrogens (primary N) is 2. The number of ether oxygens (including phenoxy) is 2. The second-order valence-electron chi connectivity index (χ2n) is 8.55. The van der Waals surface area contributed by atoms with E-state index in [1.54, 1.807) is 36.4 Å². The van der Waals surface area contributed by atoms with Crippen molar-refractivity contribution in [1.82, 2.24) is 10.6 Å². The van der Waals surface area contributed by atoms with Gasteiger partial charge in [0.1, 0.15) is 13.2 Å². The maximum Gasteiger partial charge on any atom is 0.407 e. The van der Waals surface area contributed by atoms with Gasteiger partial charge in [-0.15, -0.1) is 0 Å². The Morgan fingerprint density at radius 1 is 0.705 bits per heavy atom. The van der Waals surface area contributed by atoms with Crippen molar-refractivity contribution in [3.63, 3.8) is 0 Å². The maximum absolute atomic E-state index is 11.5. The first-order valence-electron chi connectivity index (χ1n) is 13.8. The molecule has 0 spiro atoms. The monoisotopic (exact) mass is 611 g/mol. The Labute approximate surface area is 263 Å². The molecule has 0 aliphatic heterocycles. The van der Waals surface area contributed by atoms with E-state index in [0.29, 0.717) is 5.69 Å². The van der Waals surface area contributed by atoms with Gasteiger partial charge in [-0.05, 0) is 52.9 Å². The van der Waals surface area contributed by atoms with Gasteiger partial charge < -0.3 is 36.9 Å². The predicted molar refractivity (Wildman–Crippen MR) is 184 cm³/mol. The molecule has 10 nitrogen and oxygen atoms in total. The lowest BCUT2D eigenvalue weighted by molar-refractivity contribution is -0.118. The average Bonchev–Trinajstić information content (AvgIpc) is 3.04. The molecule has 3 amide bonds. The molecule has 0 radical (unpaired) electrons. The minimum atomic E-state index is -0.466. The molecule has 0 aromatic heterocycles. The predicted octanol–water partition coefficient (Wildman–Crippen LogP) is 5.01. The molecule has 3 aromatic rings. The normalized spacial score (nSPS) is 8.75. The van der Waals surface area contributed by atoms with Crippen molar-refractivity contribution >= 4 is 42.6 Å². The summed E-state index contributed by atoms with van der Waals surface area (Å²) in [7, 11) is 4.53. The molecule has 0 saturated heterocycles. The number of benzene rings is 3. The average molecular weight is 612 g/mol. The summed E-state index contributed by atoms with van der Waals surface area (Å²) in [6.07, 6.45) is -0.899. The topological polar surface area (TPSA) is 158 Å². The van der Waals surface area contributed by atoms with Crippen LogP contribution in [-0.2, 0) is 27.5 Å². The van der Waals surface area contributed by atoms with Crippen LogP contribution in [0.3, 0.4) is 0 Å². The van der Waals surface area contributed by atoms with Crippen LogP contribution in [0.15, 0.2) is 72.8 Å². The van der Waals surface area contributed by atoms with Gasteiger partial charge in [-0.1, -0.05) is 96.8 Å². The smallest absolute Gasteiger partial charge is 0.407 e. The fourth-order valence-corrected chi connectivity index (χ4v) is 2.57. The molecule has 0 fully saturated rings. The van der Waals surface area contributed by atoms with Crippen LogP contribution in [0.5, 0.6) is 0 Å². The summed E-state index contributed by atoms with van der Waals surface area (Å²) in [5.74, 6) is -0.0781. The van der Waals surface area contributed by atoms with Gasteiger partial charge in [0.25, 0.3) is 0 Å². The molecule has 0 aliphatic carbocycles. The highest BCUT2D eigenvalue weighted by atomic mass is 16.6. The van der Waals surface area contributed by atoms with Gasteiger partial charge in [-0.25, -0.2) is 9.59 Å². The van der Waals surface area contributed by atoms with E-state index in [0.717, 1.165) is 27.3 Å². The quantitative estimate of drug-likeness (QED) is 0.245. The summed E-state index contributed by atoms with van der Waals surface area (Å²) in [6, 6.07) is 22.1. The van der Waals surface area contributed by atoms with Crippen molar-refractivity contribution < 1.29 is 23.9 Å². The molecule has 0 unspecified atom stereocenters. The number of hydrogen-bond acceptors (Lipinski definition) is 7. The minimum Gasteiger partial charge on any atom is -0.445 e. The molecule has 244 valence electrons. The molecule has 7 N–H and O–H groups in total. The number of carbonyl (C=O) groups excluding carboxylic acids is 3. The molecule has 10 heteroatoms. The first-order chi connectivity index (χ1) is 20.5. The van der Waals surface area contributed by atoms with Crippen LogP contribution in [0.2, 0.25) is 0 Å². The Bertz CT molecular complexity index is 1230. The Kier molecular flexibility index (Phi) is 26.8. The number of anilines is 2. The van der Waals surface area contributed by atoms with Crippen LogP contribution < -0.4 is 37.9 Å². The molecule has 3 rings (SSSR count). The van der Waals surface area contributed by atoms with E-state index in [1.165, 1.54) is 21.1 Å². The van der Waals surface area contributed by atoms with Crippen molar-refractivity contribution in [1.29, 1.82) is 0 Å². The summed E-state index contributed by atoms with van der Waals surface area (Å²) < 4.78 is 9.73. The Balaban J connectivity index is -0.000000566. The standard InChI is InChI=1S/C13H18N2O3.C9H12N2O2.C8H8.C2H6.CH5N.CH4/c1-9(2)12(16)15-11-6-4-10(5-7-11)8-18-13(17)14-3;1-11-9(12)13-6-7-2-4-8(10)5-3-7;1-7-3-5-8(2)6-4-7;2*1-2;/h4-7,9H,8H2,1-3H3,(H,14,17)(H,15,16);2-5H,6,10H2,1H3,(H,11,12);3-6H,1-2H2;1-2H3;2H2,1H3;1H4. The summed E-state index contributed by atoms with van der Waals surface area (Å²) >= 11 is 0. The summed E-state index contributed by atoms with van der Waals surface area (Å²) in [5.41, 5.74) is 13.2. The first-order valence-corrected chi connectivity index (χ1v) is 13.8. The Hall–Kier alpha value is -4.83. The maximum atomic E-state index is 11.5. The summed E-state index contributed by atoms with van der Waals surface area (Å²) in [6.45, 7) is 15.6. The van der Waals surface area contributed by atoms with Gasteiger partial charge in [-0.2, -0.15) is 0 Å². The van der Waals surface area contributed by atoms with Gasteiger partial charge in [0.2, 0.25) is 5.91 Å². The van der Waals surface area contributed by atoms with Crippen LogP contribution in [0.4, 0.5) is 21.0 Å². The summed E-state index contributed by atoms with van der Waals surface area (Å²) in [5, 5.41) is 9.59. The highest BCUT2D eigenvalue weighted by Gasteiger charge is 2.07. The van der Waals surface area contributed by atoms with E-state index in [1.807, 2.05) is 64.1 Å². The number of hydrogen-bond donors (Lipinski definition) is 5.